The first-order chi connectivity index (χ1) is 10.2. The Hall–Kier alpha value is -0.950. The summed E-state index contributed by atoms with van der Waals surface area (Å²) in [6.45, 7) is 6.48. The van der Waals surface area contributed by atoms with Crippen molar-refractivity contribution in [1.29, 1.82) is 0 Å². The van der Waals surface area contributed by atoms with Gasteiger partial charge in [0.05, 0.1) is 19.3 Å². The van der Waals surface area contributed by atoms with Crippen LogP contribution < -0.4 is 11.1 Å². The number of morpholine rings is 1. The van der Waals surface area contributed by atoms with Crippen molar-refractivity contribution in [3.05, 3.63) is 22.4 Å². The number of hydrogen-bond acceptors (Lipinski definition) is 5. The van der Waals surface area contributed by atoms with E-state index < -0.39 is 0 Å². The quantitative estimate of drug-likeness (QED) is 0.794. The van der Waals surface area contributed by atoms with Crippen LogP contribution in [0.1, 0.15) is 24.3 Å². The predicted molar refractivity (Wildman–Crippen MR) is 85.3 cm³/mol. The lowest BCUT2D eigenvalue weighted by molar-refractivity contribution is -0.125. The van der Waals surface area contributed by atoms with Gasteiger partial charge in [-0.2, -0.15) is 0 Å². The van der Waals surface area contributed by atoms with E-state index in [0.717, 1.165) is 32.7 Å². The van der Waals surface area contributed by atoms with Gasteiger partial charge in [0.1, 0.15) is 0 Å². The average Bonchev–Trinajstić information content (AvgIpc) is 3.03. The molecule has 2 atom stereocenters. The number of nitrogens with one attached hydrogen (secondary N) is 1. The molecule has 0 bridgehead atoms. The summed E-state index contributed by atoms with van der Waals surface area (Å²) in [5, 5.41) is 5.17. The Morgan fingerprint density at radius 2 is 2.29 bits per heavy atom. The zero-order valence-electron chi connectivity index (χ0n) is 12.6. The van der Waals surface area contributed by atoms with E-state index in [4.69, 9.17) is 10.5 Å². The van der Waals surface area contributed by atoms with Gasteiger partial charge in [-0.1, -0.05) is 13.0 Å². The monoisotopic (exact) mass is 311 g/mol. The zero-order valence-corrected chi connectivity index (χ0v) is 13.4. The standard InChI is InChI=1S/C15H25N3O2S/c1-12(4-5-16)15(19)17-11-13(14-3-2-10-21-14)18-6-8-20-9-7-18/h2-3,10,12-13H,4-9,11,16H2,1H3,(H,17,19). The van der Waals surface area contributed by atoms with Crippen molar-refractivity contribution in [2.45, 2.75) is 19.4 Å². The fourth-order valence-electron chi connectivity index (χ4n) is 2.53. The zero-order chi connectivity index (χ0) is 15.1. The van der Waals surface area contributed by atoms with Crippen molar-refractivity contribution < 1.29 is 9.53 Å². The average molecular weight is 311 g/mol. The first kappa shape index (κ1) is 16.4. The third-order valence-corrected chi connectivity index (χ3v) is 4.85. The second-order valence-corrected chi connectivity index (χ2v) is 6.38. The Kier molecular flexibility index (Phi) is 6.63. The first-order valence-corrected chi connectivity index (χ1v) is 8.43. The summed E-state index contributed by atoms with van der Waals surface area (Å²) in [7, 11) is 0. The van der Waals surface area contributed by atoms with Crippen molar-refractivity contribution in [3.63, 3.8) is 0 Å². The molecule has 21 heavy (non-hydrogen) atoms. The van der Waals surface area contributed by atoms with Gasteiger partial charge in [0.25, 0.3) is 0 Å². The van der Waals surface area contributed by atoms with Gasteiger partial charge in [-0.3, -0.25) is 9.69 Å². The highest BCUT2D eigenvalue weighted by molar-refractivity contribution is 7.10. The van der Waals surface area contributed by atoms with Gasteiger partial charge in [-0.25, -0.2) is 0 Å². The molecule has 118 valence electrons. The topological polar surface area (TPSA) is 67.6 Å². The van der Waals surface area contributed by atoms with E-state index in [9.17, 15) is 4.79 Å². The number of nitrogens with zero attached hydrogens (tertiary/aromatic N) is 1. The van der Waals surface area contributed by atoms with Crippen LogP contribution in [-0.4, -0.2) is 50.2 Å². The van der Waals surface area contributed by atoms with Gasteiger partial charge in [-0.05, 0) is 24.4 Å². The fraction of sp³-hybridized carbons (Fsp3) is 0.667. The maximum absolute atomic E-state index is 12.1. The van der Waals surface area contributed by atoms with Gasteiger partial charge in [0, 0.05) is 30.4 Å². The van der Waals surface area contributed by atoms with E-state index >= 15 is 0 Å². The molecule has 1 aliphatic heterocycles. The van der Waals surface area contributed by atoms with E-state index in [0.29, 0.717) is 13.1 Å². The molecule has 0 radical (unpaired) electrons. The van der Waals surface area contributed by atoms with Crippen LogP contribution in [-0.2, 0) is 9.53 Å². The lowest BCUT2D eigenvalue weighted by Crippen LogP contribution is -2.44. The molecule has 3 N–H and O–H groups in total. The summed E-state index contributed by atoms with van der Waals surface area (Å²) in [6.07, 6.45) is 0.729. The molecule has 1 aromatic rings. The van der Waals surface area contributed by atoms with Crippen LogP contribution in [0, 0.1) is 5.92 Å². The number of rotatable bonds is 7. The molecule has 1 aliphatic rings. The molecule has 0 saturated carbocycles. The Bertz CT molecular complexity index is 419. The summed E-state index contributed by atoms with van der Waals surface area (Å²) < 4.78 is 5.42. The lowest BCUT2D eigenvalue weighted by Gasteiger charge is -2.34. The van der Waals surface area contributed by atoms with Crippen LogP contribution in [0.3, 0.4) is 0 Å². The number of carbonyl (C=O) groups is 1. The van der Waals surface area contributed by atoms with Crippen molar-refractivity contribution in [1.82, 2.24) is 10.2 Å². The van der Waals surface area contributed by atoms with Crippen LogP contribution in [0.5, 0.6) is 0 Å². The molecule has 0 aliphatic carbocycles. The van der Waals surface area contributed by atoms with Gasteiger partial charge >= 0.3 is 0 Å². The Labute approximate surface area is 130 Å². The number of nitrogens with two attached hydrogens (primary N) is 1. The molecule has 0 aromatic carbocycles. The molecular weight excluding hydrogens is 286 g/mol. The molecule has 5 nitrogen and oxygen atoms in total. The van der Waals surface area contributed by atoms with Crippen molar-refractivity contribution in [2.75, 3.05) is 39.4 Å². The van der Waals surface area contributed by atoms with Crippen molar-refractivity contribution >= 4 is 17.2 Å². The molecule has 6 heteroatoms. The van der Waals surface area contributed by atoms with Crippen LogP contribution in [0.2, 0.25) is 0 Å². The smallest absolute Gasteiger partial charge is 0.222 e. The fourth-order valence-corrected chi connectivity index (χ4v) is 3.39. The third kappa shape index (κ3) is 4.78. The molecule has 2 heterocycles. The van der Waals surface area contributed by atoms with Crippen molar-refractivity contribution in [3.8, 4) is 0 Å². The molecule has 1 aromatic heterocycles. The minimum Gasteiger partial charge on any atom is -0.379 e. The normalized spacial score (nSPS) is 19.1. The number of hydrogen-bond donors (Lipinski definition) is 2. The van der Waals surface area contributed by atoms with E-state index in [1.807, 2.05) is 6.92 Å². The minimum atomic E-state index is -0.0244. The maximum atomic E-state index is 12.1. The van der Waals surface area contributed by atoms with E-state index in [-0.39, 0.29) is 17.9 Å². The van der Waals surface area contributed by atoms with Gasteiger partial charge in [-0.15, -0.1) is 11.3 Å². The number of ether oxygens (including phenoxy) is 1. The van der Waals surface area contributed by atoms with Gasteiger partial charge < -0.3 is 15.8 Å². The van der Waals surface area contributed by atoms with E-state index in [1.165, 1.54) is 4.88 Å². The maximum Gasteiger partial charge on any atom is 0.222 e. The highest BCUT2D eigenvalue weighted by Gasteiger charge is 2.24. The lowest BCUT2D eigenvalue weighted by atomic mass is 10.1. The molecule has 1 fully saturated rings. The first-order valence-electron chi connectivity index (χ1n) is 7.55. The second kappa shape index (κ2) is 8.48. The highest BCUT2D eigenvalue weighted by atomic mass is 32.1. The number of amides is 1. The second-order valence-electron chi connectivity index (χ2n) is 5.40. The van der Waals surface area contributed by atoms with Crippen LogP contribution >= 0.6 is 11.3 Å². The van der Waals surface area contributed by atoms with Crippen LogP contribution in [0.4, 0.5) is 0 Å². The van der Waals surface area contributed by atoms with E-state index in [2.05, 4.69) is 27.7 Å². The van der Waals surface area contributed by atoms with Crippen LogP contribution in [0.25, 0.3) is 0 Å². The Morgan fingerprint density at radius 1 is 1.52 bits per heavy atom. The SMILES string of the molecule is CC(CCN)C(=O)NCC(c1cccs1)N1CCOCC1. The predicted octanol–water partition coefficient (Wildman–Crippen LogP) is 1.22. The third-order valence-electron chi connectivity index (χ3n) is 3.87. The van der Waals surface area contributed by atoms with Gasteiger partial charge in [0.15, 0.2) is 0 Å². The summed E-state index contributed by atoms with van der Waals surface area (Å²) >= 11 is 1.74. The minimum absolute atomic E-state index is 0.0244. The molecule has 1 amide bonds. The number of carbonyl (C=O) groups excluding carboxylic acids is 1. The summed E-state index contributed by atoms with van der Waals surface area (Å²) in [6, 6.07) is 4.44. The summed E-state index contributed by atoms with van der Waals surface area (Å²) in [5.74, 6) is 0.0685. The number of thiophene rings is 1. The summed E-state index contributed by atoms with van der Waals surface area (Å²) in [4.78, 5) is 15.8. The molecular formula is C15H25N3O2S. The molecule has 1 saturated heterocycles. The Morgan fingerprint density at radius 3 is 2.90 bits per heavy atom. The summed E-state index contributed by atoms with van der Waals surface area (Å²) in [5.41, 5.74) is 5.52. The van der Waals surface area contributed by atoms with Gasteiger partial charge in [0.2, 0.25) is 5.91 Å². The molecule has 2 rings (SSSR count). The molecule has 2 unspecified atom stereocenters. The van der Waals surface area contributed by atoms with E-state index in [1.54, 1.807) is 11.3 Å². The molecule has 0 spiro atoms. The van der Waals surface area contributed by atoms with Crippen molar-refractivity contribution in [2.24, 2.45) is 11.7 Å². The highest BCUT2D eigenvalue weighted by Crippen LogP contribution is 2.25. The Balaban J connectivity index is 1.94. The van der Waals surface area contributed by atoms with Crippen LogP contribution in [0.15, 0.2) is 17.5 Å². The largest absolute Gasteiger partial charge is 0.379 e.